The van der Waals surface area contributed by atoms with Gasteiger partial charge in [-0.25, -0.2) is 9.59 Å². The second-order valence-electron chi connectivity index (χ2n) is 6.77. The normalized spacial score (nSPS) is 10.6. The SMILES string of the molecule is CC(C)(COC(=O)OCC#CCCl)c1cc(OS(C)(=O)=O)ccc1OC(=O)OCC#CCCl. The van der Waals surface area contributed by atoms with Crippen LogP contribution in [-0.4, -0.2) is 58.6 Å². The van der Waals surface area contributed by atoms with E-state index in [1.165, 1.54) is 18.2 Å². The highest BCUT2D eigenvalue weighted by Crippen LogP contribution is 2.35. The molecule has 0 aliphatic rings. The van der Waals surface area contributed by atoms with Gasteiger partial charge in [0, 0.05) is 11.0 Å². The van der Waals surface area contributed by atoms with E-state index in [4.69, 9.17) is 46.3 Å². The maximum Gasteiger partial charge on any atom is 0.514 e. The van der Waals surface area contributed by atoms with Crippen molar-refractivity contribution in [2.75, 3.05) is 37.8 Å². The second kappa shape index (κ2) is 13.7. The number of carbonyl (C=O) groups is 2. The van der Waals surface area contributed by atoms with Gasteiger partial charge in [-0.1, -0.05) is 37.5 Å². The Morgan fingerprint density at radius 3 is 2.06 bits per heavy atom. The molecule has 0 amide bonds. The quantitative estimate of drug-likeness (QED) is 0.167. The number of ether oxygens (including phenoxy) is 4. The number of carbonyl (C=O) groups excluding carboxylic acids is 2. The topological polar surface area (TPSA) is 114 Å². The Morgan fingerprint density at radius 1 is 0.939 bits per heavy atom. The zero-order chi connectivity index (χ0) is 24.9. The lowest BCUT2D eigenvalue weighted by Gasteiger charge is -2.26. The average Bonchev–Trinajstić information content (AvgIpc) is 2.73. The van der Waals surface area contributed by atoms with E-state index in [2.05, 4.69) is 23.7 Å². The molecule has 0 radical (unpaired) electrons. The van der Waals surface area contributed by atoms with Gasteiger partial charge < -0.3 is 23.1 Å². The average molecular weight is 521 g/mol. The van der Waals surface area contributed by atoms with Crippen molar-refractivity contribution < 1.29 is 41.1 Å². The number of rotatable bonds is 8. The first-order valence-electron chi connectivity index (χ1n) is 9.20. The molecule has 0 aromatic heterocycles. The van der Waals surface area contributed by atoms with Crippen LogP contribution in [0, 0.1) is 23.7 Å². The van der Waals surface area contributed by atoms with Crippen LogP contribution in [0.5, 0.6) is 11.5 Å². The Bertz CT molecular complexity index is 1060. The molecule has 1 aromatic rings. The Balaban J connectivity index is 3.06. The largest absolute Gasteiger partial charge is 0.514 e. The molecule has 1 aromatic carbocycles. The Hall–Kier alpha value is -2.79. The summed E-state index contributed by atoms with van der Waals surface area (Å²) in [6.07, 6.45) is -1.14. The zero-order valence-corrected chi connectivity index (χ0v) is 20.4. The molecule has 1 rings (SSSR count). The fourth-order valence-electron chi connectivity index (χ4n) is 2.22. The Kier molecular flexibility index (Phi) is 11.7. The molecule has 0 aliphatic carbocycles. The molecule has 9 nitrogen and oxygen atoms in total. The third-order valence-electron chi connectivity index (χ3n) is 3.58. The van der Waals surface area contributed by atoms with E-state index in [1.54, 1.807) is 13.8 Å². The highest BCUT2D eigenvalue weighted by atomic mass is 35.5. The smallest absolute Gasteiger partial charge is 0.433 e. The zero-order valence-electron chi connectivity index (χ0n) is 18.1. The molecule has 0 unspecified atom stereocenters. The summed E-state index contributed by atoms with van der Waals surface area (Å²) in [5.74, 6) is 10.2. The van der Waals surface area contributed by atoms with Gasteiger partial charge in [0.25, 0.3) is 0 Å². The van der Waals surface area contributed by atoms with Gasteiger partial charge in [0.1, 0.15) is 18.1 Å². The lowest BCUT2D eigenvalue weighted by Crippen LogP contribution is -2.28. The highest BCUT2D eigenvalue weighted by Gasteiger charge is 2.29. The minimum Gasteiger partial charge on any atom is -0.433 e. The standard InChI is InChI=1S/C21H22Cl2O9S/c1-21(2,15-30-19(24)28-12-6-4-10-22)17-14-16(32-33(3,26)27)8-9-18(17)31-20(25)29-13-7-5-11-23/h8-9,14H,10-13,15H2,1-3H3. The molecule has 0 saturated carbocycles. The van der Waals surface area contributed by atoms with E-state index in [9.17, 15) is 18.0 Å². The van der Waals surface area contributed by atoms with Gasteiger partial charge in [0.05, 0.1) is 18.0 Å². The Morgan fingerprint density at radius 2 is 1.52 bits per heavy atom. The van der Waals surface area contributed by atoms with E-state index >= 15 is 0 Å². The van der Waals surface area contributed by atoms with Gasteiger partial charge in [0.15, 0.2) is 13.2 Å². The predicted molar refractivity (Wildman–Crippen MR) is 121 cm³/mol. The van der Waals surface area contributed by atoms with E-state index < -0.39 is 27.8 Å². The lowest BCUT2D eigenvalue weighted by atomic mass is 9.84. The van der Waals surface area contributed by atoms with Gasteiger partial charge in [-0.3, -0.25) is 0 Å². The monoisotopic (exact) mass is 520 g/mol. The van der Waals surface area contributed by atoms with Gasteiger partial charge in [-0.05, 0) is 18.2 Å². The predicted octanol–water partition coefficient (Wildman–Crippen LogP) is 3.46. The first kappa shape index (κ1) is 28.2. The van der Waals surface area contributed by atoms with Crippen molar-refractivity contribution in [3.63, 3.8) is 0 Å². The summed E-state index contributed by atoms with van der Waals surface area (Å²) >= 11 is 10.8. The number of benzene rings is 1. The van der Waals surface area contributed by atoms with Crippen LogP contribution < -0.4 is 8.92 Å². The third-order valence-corrected chi connectivity index (χ3v) is 4.34. The summed E-state index contributed by atoms with van der Waals surface area (Å²) in [7, 11) is -3.82. The van der Waals surface area contributed by atoms with Crippen LogP contribution in [0.3, 0.4) is 0 Å². The van der Waals surface area contributed by atoms with Gasteiger partial charge in [-0.15, -0.1) is 23.2 Å². The number of hydrogen-bond acceptors (Lipinski definition) is 9. The van der Waals surface area contributed by atoms with E-state index in [0.29, 0.717) is 5.56 Å². The third kappa shape index (κ3) is 11.6. The fraction of sp³-hybridized carbons (Fsp3) is 0.429. The lowest BCUT2D eigenvalue weighted by molar-refractivity contribution is 0.0499. The molecule has 0 spiro atoms. The molecule has 180 valence electrons. The van der Waals surface area contributed by atoms with Crippen LogP contribution in [0.25, 0.3) is 0 Å². The number of halogens is 2. The van der Waals surface area contributed by atoms with Crippen molar-refractivity contribution in [2.45, 2.75) is 19.3 Å². The van der Waals surface area contributed by atoms with Crippen LogP contribution in [0.15, 0.2) is 18.2 Å². The molecule has 0 N–H and O–H groups in total. The molecular weight excluding hydrogens is 499 g/mol. The van der Waals surface area contributed by atoms with E-state index in [1.807, 2.05) is 0 Å². The molecule has 33 heavy (non-hydrogen) atoms. The van der Waals surface area contributed by atoms with E-state index in [0.717, 1.165) is 6.26 Å². The van der Waals surface area contributed by atoms with Gasteiger partial charge in [0.2, 0.25) is 0 Å². The molecular formula is C21H22Cl2O9S. The summed E-state index contributed by atoms with van der Waals surface area (Å²) in [6.45, 7) is 2.68. The van der Waals surface area contributed by atoms with Crippen molar-refractivity contribution in [3.8, 4) is 35.2 Å². The van der Waals surface area contributed by atoms with Crippen molar-refractivity contribution in [1.29, 1.82) is 0 Å². The maximum atomic E-state index is 12.0. The van der Waals surface area contributed by atoms with Crippen LogP contribution >= 0.6 is 23.2 Å². The summed E-state index contributed by atoms with van der Waals surface area (Å²) in [6, 6.07) is 3.96. The minimum atomic E-state index is -3.82. The summed E-state index contributed by atoms with van der Waals surface area (Å²) < 4.78 is 47.9. The Labute approximate surface area is 202 Å². The van der Waals surface area contributed by atoms with Crippen LogP contribution in [-0.2, 0) is 29.7 Å². The summed E-state index contributed by atoms with van der Waals surface area (Å²) in [4.78, 5) is 23.8. The van der Waals surface area contributed by atoms with Crippen LogP contribution in [0.4, 0.5) is 9.59 Å². The second-order valence-corrected chi connectivity index (χ2v) is 8.88. The number of hydrogen-bond donors (Lipinski definition) is 0. The molecule has 0 atom stereocenters. The van der Waals surface area contributed by atoms with Crippen molar-refractivity contribution in [2.24, 2.45) is 0 Å². The van der Waals surface area contributed by atoms with Crippen molar-refractivity contribution in [1.82, 2.24) is 0 Å². The molecule has 0 fully saturated rings. The first-order valence-corrected chi connectivity index (χ1v) is 12.1. The molecule has 0 bridgehead atoms. The maximum absolute atomic E-state index is 12.0. The highest BCUT2D eigenvalue weighted by molar-refractivity contribution is 7.86. The minimum absolute atomic E-state index is 0.0288. The molecule has 0 aliphatic heterocycles. The summed E-state index contributed by atoms with van der Waals surface area (Å²) in [5, 5.41) is 0. The van der Waals surface area contributed by atoms with Gasteiger partial charge in [-0.2, -0.15) is 8.42 Å². The van der Waals surface area contributed by atoms with Crippen LogP contribution in [0.2, 0.25) is 0 Å². The van der Waals surface area contributed by atoms with Crippen molar-refractivity contribution in [3.05, 3.63) is 23.8 Å². The molecule has 0 saturated heterocycles. The van der Waals surface area contributed by atoms with Crippen molar-refractivity contribution >= 4 is 45.6 Å². The molecule has 0 heterocycles. The van der Waals surface area contributed by atoms with E-state index in [-0.39, 0.29) is 43.1 Å². The number of alkyl halides is 2. The fourth-order valence-corrected chi connectivity index (χ4v) is 2.86. The first-order chi connectivity index (χ1) is 15.5. The summed E-state index contributed by atoms with van der Waals surface area (Å²) in [5.41, 5.74) is -0.687. The molecule has 12 heteroatoms. The van der Waals surface area contributed by atoms with Crippen LogP contribution in [0.1, 0.15) is 19.4 Å². The van der Waals surface area contributed by atoms with Gasteiger partial charge >= 0.3 is 22.4 Å².